The number of carbonyl (C=O) groups excluding carboxylic acids is 2. The van der Waals surface area contributed by atoms with Crippen LogP contribution in [0.5, 0.6) is 0 Å². The Balaban J connectivity index is 1.48. The second-order valence-electron chi connectivity index (χ2n) is 7.86. The fourth-order valence-corrected chi connectivity index (χ4v) is 3.99. The molecule has 0 unspecified atom stereocenters. The number of halogens is 1. The maximum Gasteiger partial charge on any atom is 0.274 e. The average molecular weight is 466 g/mol. The lowest BCUT2D eigenvalue weighted by atomic mass is 10.1. The molecule has 0 aliphatic heterocycles. The molecular weight excluding hydrogens is 447 g/mol. The molecule has 3 aromatic carbocycles. The first-order valence-corrected chi connectivity index (χ1v) is 10.8. The van der Waals surface area contributed by atoms with Gasteiger partial charge in [0.05, 0.1) is 22.4 Å². The third-order valence-electron chi connectivity index (χ3n) is 5.58. The molecule has 8 heteroatoms. The molecule has 0 saturated carbocycles. The Hall–Kier alpha value is -4.85. The highest BCUT2D eigenvalue weighted by atomic mass is 19.1. The highest BCUT2D eigenvalue weighted by molar-refractivity contribution is 6.06. The van der Waals surface area contributed by atoms with E-state index in [0.717, 1.165) is 6.07 Å². The van der Waals surface area contributed by atoms with Crippen LogP contribution in [-0.2, 0) is 11.3 Å². The van der Waals surface area contributed by atoms with E-state index >= 15 is 0 Å². The maximum atomic E-state index is 14.0. The predicted octanol–water partition coefficient (Wildman–Crippen LogP) is 4.58. The number of nitrogens with one attached hydrogen (secondary N) is 2. The zero-order valence-corrected chi connectivity index (χ0v) is 18.4. The third kappa shape index (κ3) is 4.37. The van der Waals surface area contributed by atoms with E-state index < -0.39 is 17.6 Å². The molecule has 0 atom stereocenters. The lowest BCUT2D eigenvalue weighted by Crippen LogP contribution is -2.23. The molecule has 0 aliphatic rings. The molecule has 0 bridgehead atoms. The van der Waals surface area contributed by atoms with Crippen molar-refractivity contribution in [1.82, 2.24) is 9.55 Å². The summed E-state index contributed by atoms with van der Waals surface area (Å²) in [6, 6.07) is 22.7. The van der Waals surface area contributed by atoms with Crippen molar-refractivity contribution in [3.8, 4) is 0 Å². The highest BCUT2D eigenvalue weighted by Crippen LogP contribution is 2.24. The van der Waals surface area contributed by atoms with Gasteiger partial charge in [-0.2, -0.15) is 0 Å². The van der Waals surface area contributed by atoms with Gasteiger partial charge < -0.3 is 15.2 Å². The molecule has 0 radical (unpaired) electrons. The number of para-hydroxylation sites is 2. The topological polar surface area (TPSA) is 93.1 Å². The molecule has 35 heavy (non-hydrogen) atoms. The van der Waals surface area contributed by atoms with Crippen molar-refractivity contribution in [3.63, 3.8) is 0 Å². The highest BCUT2D eigenvalue weighted by Gasteiger charge is 2.16. The molecule has 5 rings (SSSR count). The van der Waals surface area contributed by atoms with Crippen molar-refractivity contribution in [2.24, 2.45) is 0 Å². The number of hydrogen-bond donors (Lipinski definition) is 2. The molecule has 2 aromatic heterocycles. The summed E-state index contributed by atoms with van der Waals surface area (Å²) in [6.45, 7) is -0.133. The Kier molecular flexibility index (Phi) is 5.76. The van der Waals surface area contributed by atoms with E-state index in [2.05, 4.69) is 15.6 Å². The summed E-state index contributed by atoms with van der Waals surface area (Å²) in [7, 11) is 0. The van der Waals surface area contributed by atoms with Crippen LogP contribution in [0, 0.1) is 5.82 Å². The largest absolute Gasteiger partial charge is 0.331 e. The monoisotopic (exact) mass is 466 g/mol. The number of pyridine rings is 2. The van der Waals surface area contributed by atoms with Gasteiger partial charge in [0.15, 0.2) is 5.43 Å². The zero-order valence-electron chi connectivity index (χ0n) is 18.4. The first-order valence-electron chi connectivity index (χ1n) is 10.8. The number of nitrogens with zero attached hydrogens (tertiary/aromatic N) is 2. The van der Waals surface area contributed by atoms with Gasteiger partial charge in [-0.05, 0) is 54.6 Å². The molecule has 2 N–H and O–H groups in total. The van der Waals surface area contributed by atoms with E-state index in [-0.39, 0.29) is 29.0 Å². The summed E-state index contributed by atoms with van der Waals surface area (Å²) in [5.74, 6) is -1.52. The van der Waals surface area contributed by atoms with Crippen LogP contribution in [0.2, 0.25) is 0 Å². The van der Waals surface area contributed by atoms with E-state index in [1.807, 2.05) is 0 Å². The molecule has 0 spiro atoms. The van der Waals surface area contributed by atoms with Gasteiger partial charge in [0.25, 0.3) is 5.91 Å². The Labute approximate surface area is 198 Å². The third-order valence-corrected chi connectivity index (χ3v) is 5.58. The van der Waals surface area contributed by atoms with Crippen molar-refractivity contribution < 1.29 is 14.0 Å². The van der Waals surface area contributed by atoms with Crippen LogP contribution < -0.4 is 16.1 Å². The molecule has 0 saturated heterocycles. The number of carbonyl (C=O) groups is 2. The first-order chi connectivity index (χ1) is 17.0. The SMILES string of the molecule is O=C(Cn1c2ccccc2c(=O)c2ccccc21)Nc1cc(F)ccc1NC(=O)c1ccccn1. The minimum atomic E-state index is -0.574. The molecule has 0 fully saturated rings. The summed E-state index contributed by atoms with van der Waals surface area (Å²) in [4.78, 5) is 42.6. The number of benzene rings is 3. The molecule has 5 aromatic rings. The van der Waals surface area contributed by atoms with Crippen LogP contribution in [0.4, 0.5) is 15.8 Å². The minimum Gasteiger partial charge on any atom is -0.331 e. The van der Waals surface area contributed by atoms with Crippen LogP contribution >= 0.6 is 0 Å². The molecule has 0 aliphatic carbocycles. The molecule has 7 nitrogen and oxygen atoms in total. The van der Waals surface area contributed by atoms with E-state index in [1.54, 1.807) is 71.3 Å². The number of amides is 2. The standard InChI is InChI=1S/C27H19FN4O3/c28-17-12-13-20(31-27(35)21-9-5-6-14-29-21)22(15-17)30-25(33)16-32-23-10-3-1-7-18(23)26(34)19-8-2-4-11-24(19)32/h1-15H,16H2,(H,30,33)(H,31,35). The van der Waals surface area contributed by atoms with E-state index in [9.17, 15) is 18.8 Å². The second-order valence-corrected chi connectivity index (χ2v) is 7.86. The van der Waals surface area contributed by atoms with E-state index in [0.29, 0.717) is 21.8 Å². The van der Waals surface area contributed by atoms with Gasteiger partial charge in [0.2, 0.25) is 5.91 Å². The molecule has 2 amide bonds. The molecule has 2 heterocycles. The van der Waals surface area contributed by atoms with Crippen molar-refractivity contribution in [3.05, 3.63) is 113 Å². The lowest BCUT2D eigenvalue weighted by Gasteiger charge is -2.16. The normalized spacial score (nSPS) is 10.9. The summed E-state index contributed by atoms with van der Waals surface area (Å²) >= 11 is 0. The van der Waals surface area contributed by atoms with Gasteiger partial charge in [-0.25, -0.2) is 4.39 Å². The Bertz CT molecular complexity index is 1590. The average Bonchev–Trinajstić information content (AvgIpc) is 2.88. The van der Waals surface area contributed by atoms with Crippen molar-refractivity contribution in [2.45, 2.75) is 6.54 Å². The maximum absolute atomic E-state index is 14.0. The molecule has 172 valence electrons. The summed E-state index contributed by atoms with van der Waals surface area (Å²) in [6.07, 6.45) is 1.49. The Morgan fingerprint density at radius 2 is 1.46 bits per heavy atom. The van der Waals surface area contributed by atoms with Crippen LogP contribution in [0.25, 0.3) is 21.8 Å². The van der Waals surface area contributed by atoms with Crippen LogP contribution in [0.1, 0.15) is 10.5 Å². The van der Waals surface area contributed by atoms with Crippen LogP contribution in [0.3, 0.4) is 0 Å². The van der Waals surface area contributed by atoms with Crippen molar-refractivity contribution >= 4 is 45.0 Å². The van der Waals surface area contributed by atoms with Gasteiger partial charge in [-0.1, -0.05) is 30.3 Å². The number of anilines is 2. The first kappa shape index (κ1) is 22.0. The summed E-state index contributed by atoms with van der Waals surface area (Å²) in [5, 5.41) is 6.33. The number of aromatic nitrogens is 2. The van der Waals surface area contributed by atoms with E-state index in [1.165, 1.54) is 18.3 Å². The second kappa shape index (κ2) is 9.18. The van der Waals surface area contributed by atoms with Gasteiger partial charge in [0.1, 0.15) is 18.1 Å². The van der Waals surface area contributed by atoms with Gasteiger partial charge in [0, 0.05) is 17.0 Å². The van der Waals surface area contributed by atoms with E-state index in [4.69, 9.17) is 0 Å². The van der Waals surface area contributed by atoms with Crippen LogP contribution in [-0.4, -0.2) is 21.4 Å². The van der Waals surface area contributed by atoms with Gasteiger partial charge in [-0.3, -0.25) is 19.4 Å². The number of rotatable bonds is 5. The number of fused-ring (bicyclic) bond motifs is 2. The predicted molar refractivity (Wildman–Crippen MR) is 133 cm³/mol. The molecular formula is C27H19FN4O3. The van der Waals surface area contributed by atoms with Gasteiger partial charge in [-0.15, -0.1) is 0 Å². The summed E-state index contributed by atoms with van der Waals surface area (Å²) in [5.41, 5.74) is 1.61. The zero-order chi connectivity index (χ0) is 24.4. The van der Waals surface area contributed by atoms with Crippen molar-refractivity contribution in [2.75, 3.05) is 10.6 Å². The lowest BCUT2D eigenvalue weighted by molar-refractivity contribution is -0.116. The minimum absolute atomic E-state index is 0.105. The number of hydrogen-bond acceptors (Lipinski definition) is 4. The Morgan fingerprint density at radius 1 is 0.800 bits per heavy atom. The quantitative estimate of drug-likeness (QED) is 0.371. The van der Waals surface area contributed by atoms with Gasteiger partial charge >= 0.3 is 0 Å². The fraction of sp³-hybridized carbons (Fsp3) is 0.0370. The van der Waals surface area contributed by atoms with Crippen molar-refractivity contribution in [1.29, 1.82) is 0 Å². The fourth-order valence-electron chi connectivity index (χ4n) is 3.99. The van der Waals surface area contributed by atoms with Crippen LogP contribution in [0.15, 0.2) is 95.9 Å². The Morgan fingerprint density at radius 3 is 2.11 bits per heavy atom. The smallest absolute Gasteiger partial charge is 0.274 e. The summed E-state index contributed by atoms with van der Waals surface area (Å²) < 4.78 is 15.8.